The summed E-state index contributed by atoms with van der Waals surface area (Å²) in [6.45, 7) is 11.0. The summed E-state index contributed by atoms with van der Waals surface area (Å²) in [6, 6.07) is 6.74. The molecule has 0 aliphatic carbocycles. The van der Waals surface area contributed by atoms with Gasteiger partial charge in [-0.25, -0.2) is 4.98 Å². The highest BCUT2D eigenvalue weighted by atomic mass is 15.3. The van der Waals surface area contributed by atoms with E-state index in [-0.39, 0.29) is 0 Å². The Morgan fingerprint density at radius 3 is 2.67 bits per heavy atom. The molecule has 1 saturated heterocycles. The summed E-state index contributed by atoms with van der Waals surface area (Å²) in [4.78, 5) is 9.35. The van der Waals surface area contributed by atoms with Crippen LogP contribution in [0.5, 0.6) is 0 Å². The number of nitrogens with zero attached hydrogens (tertiary/aromatic N) is 3. The zero-order chi connectivity index (χ0) is 12.8. The summed E-state index contributed by atoms with van der Waals surface area (Å²) in [5, 5.41) is 3.42. The molecule has 1 aromatic heterocycles. The van der Waals surface area contributed by atoms with Crippen LogP contribution in [0.1, 0.15) is 13.8 Å². The molecule has 1 fully saturated rings. The van der Waals surface area contributed by atoms with Crippen LogP contribution in [-0.2, 0) is 0 Å². The standard InChI is InChI=1S/C14H24N4/c1-3-15-12-13(2)17-8-10-18(11-9-17)14-6-4-5-7-16-14/h4-7,13,15H,3,8-12H2,1-2H3. The first-order valence-corrected chi connectivity index (χ1v) is 6.92. The lowest BCUT2D eigenvalue weighted by Crippen LogP contribution is -2.52. The van der Waals surface area contributed by atoms with Crippen LogP contribution in [0.15, 0.2) is 24.4 Å². The molecule has 4 heteroatoms. The normalized spacial score (nSPS) is 18.9. The second kappa shape index (κ2) is 6.71. The van der Waals surface area contributed by atoms with E-state index in [0.717, 1.165) is 45.1 Å². The smallest absolute Gasteiger partial charge is 0.128 e. The van der Waals surface area contributed by atoms with Crippen LogP contribution >= 0.6 is 0 Å². The molecule has 1 aliphatic rings. The largest absolute Gasteiger partial charge is 0.354 e. The molecule has 0 radical (unpaired) electrons. The Bertz CT molecular complexity index is 333. The van der Waals surface area contributed by atoms with E-state index in [0.29, 0.717) is 6.04 Å². The van der Waals surface area contributed by atoms with Crippen molar-refractivity contribution in [1.82, 2.24) is 15.2 Å². The number of anilines is 1. The first-order valence-electron chi connectivity index (χ1n) is 6.92. The van der Waals surface area contributed by atoms with E-state index in [1.807, 2.05) is 12.3 Å². The van der Waals surface area contributed by atoms with Gasteiger partial charge in [0.05, 0.1) is 0 Å². The van der Waals surface area contributed by atoms with Crippen LogP contribution in [0.25, 0.3) is 0 Å². The van der Waals surface area contributed by atoms with Crippen LogP contribution in [0.2, 0.25) is 0 Å². The van der Waals surface area contributed by atoms with Crippen molar-refractivity contribution in [2.24, 2.45) is 0 Å². The molecule has 1 aliphatic heterocycles. The molecule has 0 amide bonds. The van der Waals surface area contributed by atoms with Gasteiger partial charge in [0, 0.05) is 45.0 Å². The maximum atomic E-state index is 4.42. The van der Waals surface area contributed by atoms with Gasteiger partial charge in [-0.15, -0.1) is 0 Å². The van der Waals surface area contributed by atoms with Crippen molar-refractivity contribution in [3.05, 3.63) is 24.4 Å². The van der Waals surface area contributed by atoms with Crippen molar-refractivity contribution in [1.29, 1.82) is 0 Å². The van der Waals surface area contributed by atoms with Gasteiger partial charge >= 0.3 is 0 Å². The second-order valence-electron chi connectivity index (χ2n) is 4.87. The molecule has 0 spiro atoms. The molecule has 100 valence electrons. The number of hydrogen-bond donors (Lipinski definition) is 1. The first kappa shape index (κ1) is 13.3. The minimum atomic E-state index is 0.621. The lowest BCUT2D eigenvalue weighted by Gasteiger charge is -2.38. The maximum Gasteiger partial charge on any atom is 0.128 e. The highest BCUT2D eigenvalue weighted by Crippen LogP contribution is 2.13. The van der Waals surface area contributed by atoms with Gasteiger partial charge in [-0.1, -0.05) is 13.0 Å². The summed E-state index contributed by atoms with van der Waals surface area (Å²) >= 11 is 0. The van der Waals surface area contributed by atoms with Gasteiger partial charge in [-0.2, -0.15) is 0 Å². The van der Waals surface area contributed by atoms with Crippen LogP contribution in [0, 0.1) is 0 Å². The van der Waals surface area contributed by atoms with Crippen LogP contribution in [-0.4, -0.2) is 55.2 Å². The zero-order valence-electron chi connectivity index (χ0n) is 11.5. The van der Waals surface area contributed by atoms with E-state index in [2.05, 4.69) is 46.1 Å². The number of pyridine rings is 1. The number of likely N-dealkylation sites (N-methyl/N-ethyl adjacent to an activating group) is 1. The minimum Gasteiger partial charge on any atom is -0.354 e. The topological polar surface area (TPSA) is 31.4 Å². The number of piperazine rings is 1. The number of aromatic nitrogens is 1. The van der Waals surface area contributed by atoms with E-state index < -0.39 is 0 Å². The van der Waals surface area contributed by atoms with E-state index in [4.69, 9.17) is 0 Å². The average Bonchev–Trinajstić information content (AvgIpc) is 2.46. The van der Waals surface area contributed by atoms with Crippen molar-refractivity contribution in [2.75, 3.05) is 44.2 Å². The van der Waals surface area contributed by atoms with E-state index in [1.165, 1.54) is 0 Å². The van der Waals surface area contributed by atoms with Gasteiger partial charge in [0.1, 0.15) is 5.82 Å². The summed E-state index contributed by atoms with van der Waals surface area (Å²) < 4.78 is 0. The molecule has 0 aromatic carbocycles. The molecule has 1 aromatic rings. The third-order valence-electron chi connectivity index (χ3n) is 3.60. The quantitative estimate of drug-likeness (QED) is 0.848. The van der Waals surface area contributed by atoms with Gasteiger partial charge in [-0.3, -0.25) is 4.90 Å². The predicted molar refractivity (Wildman–Crippen MR) is 76.0 cm³/mol. The van der Waals surface area contributed by atoms with Crippen LogP contribution in [0.4, 0.5) is 5.82 Å². The molecular weight excluding hydrogens is 224 g/mol. The summed E-state index contributed by atoms with van der Waals surface area (Å²) in [6.07, 6.45) is 1.87. The van der Waals surface area contributed by atoms with Gasteiger partial charge in [0.25, 0.3) is 0 Å². The number of hydrogen-bond acceptors (Lipinski definition) is 4. The molecular formula is C14H24N4. The predicted octanol–water partition coefficient (Wildman–Crippen LogP) is 1.20. The van der Waals surface area contributed by atoms with Crippen molar-refractivity contribution < 1.29 is 0 Å². The highest BCUT2D eigenvalue weighted by molar-refractivity contribution is 5.38. The Hall–Kier alpha value is -1.13. The lowest BCUT2D eigenvalue weighted by molar-refractivity contribution is 0.193. The number of nitrogens with one attached hydrogen (secondary N) is 1. The van der Waals surface area contributed by atoms with Crippen molar-refractivity contribution in [3.63, 3.8) is 0 Å². The molecule has 1 atom stereocenters. The Balaban J connectivity index is 1.81. The Morgan fingerprint density at radius 1 is 1.28 bits per heavy atom. The fourth-order valence-corrected chi connectivity index (χ4v) is 2.41. The van der Waals surface area contributed by atoms with E-state index >= 15 is 0 Å². The first-order chi connectivity index (χ1) is 8.81. The maximum absolute atomic E-state index is 4.42. The highest BCUT2D eigenvalue weighted by Gasteiger charge is 2.21. The third-order valence-corrected chi connectivity index (χ3v) is 3.60. The molecule has 4 nitrogen and oxygen atoms in total. The summed E-state index contributed by atoms with van der Waals surface area (Å²) in [5.74, 6) is 1.11. The van der Waals surface area contributed by atoms with Crippen LogP contribution in [0.3, 0.4) is 0 Å². The van der Waals surface area contributed by atoms with Gasteiger partial charge < -0.3 is 10.2 Å². The van der Waals surface area contributed by atoms with Gasteiger partial charge in [0.2, 0.25) is 0 Å². The second-order valence-corrected chi connectivity index (χ2v) is 4.87. The van der Waals surface area contributed by atoms with Crippen LogP contribution < -0.4 is 10.2 Å². The molecule has 18 heavy (non-hydrogen) atoms. The fraction of sp³-hybridized carbons (Fsp3) is 0.643. The minimum absolute atomic E-state index is 0.621. The molecule has 2 rings (SSSR count). The molecule has 1 N–H and O–H groups in total. The van der Waals surface area contributed by atoms with E-state index in [9.17, 15) is 0 Å². The van der Waals surface area contributed by atoms with E-state index in [1.54, 1.807) is 0 Å². The van der Waals surface area contributed by atoms with Crippen molar-refractivity contribution in [2.45, 2.75) is 19.9 Å². The zero-order valence-corrected chi connectivity index (χ0v) is 11.5. The lowest BCUT2D eigenvalue weighted by atomic mass is 10.2. The number of rotatable bonds is 5. The Morgan fingerprint density at radius 2 is 2.06 bits per heavy atom. The molecule has 1 unspecified atom stereocenters. The van der Waals surface area contributed by atoms with Crippen molar-refractivity contribution >= 4 is 5.82 Å². The third kappa shape index (κ3) is 3.43. The van der Waals surface area contributed by atoms with Crippen molar-refractivity contribution in [3.8, 4) is 0 Å². The summed E-state index contributed by atoms with van der Waals surface area (Å²) in [5.41, 5.74) is 0. The average molecular weight is 248 g/mol. The fourth-order valence-electron chi connectivity index (χ4n) is 2.41. The molecule has 0 saturated carbocycles. The van der Waals surface area contributed by atoms with Gasteiger partial charge in [0.15, 0.2) is 0 Å². The molecule has 0 bridgehead atoms. The SMILES string of the molecule is CCNCC(C)N1CCN(c2ccccn2)CC1. The monoisotopic (exact) mass is 248 g/mol. The molecule has 2 heterocycles. The Kier molecular flexibility index (Phi) is 4.96. The summed E-state index contributed by atoms with van der Waals surface area (Å²) in [7, 11) is 0. The Labute approximate surface area is 110 Å². The van der Waals surface area contributed by atoms with Gasteiger partial charge in [-0.05, 0) is 25.6 Å².